The van der Waals surface area contributed by atoms with Crippen LogP contribution in [0, 0.1) is 5.92 Å². The fourth-order valence-electron chi connectivity index (χ4n) is 2.95. The molecule has 21 heavy (non-hydrogen) atoms. The Kier molecular flexibility index (Phi) is 6.21. The van der Waals surface area contributed by atoms with Crippen LogP contribution in [0.4, 0.5) is 0 Å². The van der Waals surface area contributed by atoms with Gasteiger partial charge in [-0.05, 0) is 56.6 Å². The number of methoxy groups -OCH3 is 1. The highest BCUT2D eigenvalue weighted by atomic mass is 79.9. The number of rotatable bonds is 5. The summed E-state index contributed by atoms with van der Waals surface area (Å²) in [5.41, 5.74) is 0.961. The molecule has 1 N–H and O–H groups in total. The van der Waals surface area contributed by atoms with Crippen molar-refractivity contribution in [1.29, 1.82) is 0 Å². The predicted molar refractivity (Wildman–Crippen MR) is 87.1 cm³/mol. The molecule has 0 bridgehead atoms. The average molecular weight is 355 g/mol. The van der Waals surface area contributed by atoms with Crippen molar-refractivity contribution in [2.45, 2.75) is 18.9 Å². The first-order valence-electron chi connectivity index (χ1n) is 7.36. The second-order valence-corrected chi connectivity index (χ2v) is 6.55. The quantitative estimate of drug-likeness (QED) is 0.825. The molecule has 0 aromatic heterocycles. The van der Waals surface area contributed by atoms with Crippen LogP contribution in [0.25, 0.3) is 0 Å². The number of esters is 1. The molecule has 5 heteroatoms. The first-order chi connectivity index (χ1) is 10.1. The summed E-state index contributed by atoms with van der Waals surface area (Å²) in [6.45, 7) is 3.02. The Hall–Kier alpha value is -0.910. The van der Waals surface area contributed by atoms with Gasteiger partial charge in [0.25, 0.3) is 0 Å². The highest BCUT2D eigenvalue weighted by molar-refractivity contribution is 9.10. The van der Waals surface area contributed by atoms with Crippen LogP contribution in [0.3, 0.4) is 0 Å². The molecule has 2 atom stereocenters. The molecule has 2 unspecified atom stereocenters. The highest BCUT2D eigenvalue weighted by Crippen LogP contribution is 2.25. The average Bonchev–Trinajstić information content (AvgIpc) is 2.48. The van der Waals surface area contributed by atoms with Crippen LogP contribution < -0.4 is 5.32 Å². The van der Waals surface area contributed by atoms with E-state index in [2.05, 4.69) is 26.1 Å². The van der Waals surface area contributed by atoms with Crippen molar-refractivity contribution < 1.29 is 9.53 Å². The molecule has 0 saturated carbocycles. The van der Waals surface area contributed by atoms with Gasteiger partial charge in [0.15, 0.2) is 0 Å². The number of carbonyl (C=O) groups excluding carboxylic acids is 1. The molecule has 1 aromatic carbocycles. The molecule has 1 aromatic rings. The zero-order valence-electron chi connectivity index (χ0n) is 12.6. The van der Waals surface area contributed by atoms with Crippen LogP contribution in [0.5, 0.6) is 0 Å². The highest BCUT2D eigenvalue weighted by Gasteiger charge is 2.28. The van der Waals surface area contributed by atoms with Gasteiger partial charge in [-0.1, -0.05) is 28.1 Å². The van der Waals surface area contributed by atoms with E-state index in [0.717, 1.165) is 29.7 Å². The number of nitrogens with one attached hydrogen (secondary N) is 1. The Morgan fingerprint density at radius 3 is 3.00 bits per heavy atom. The summed E-state index contributed by atoms with van der Waals surface area (Å²) < 4.78 is 5.98. The van der Waals surface area contributed by atoms with Crippen molar-refractivity contribution >= 4 is 21.9 Å². The minimum Gasteiger partial charge on any atom is -0.468 e. The van der Waals surface area contributed by atoms with Crippen LogP contribution >= 0.6 is 15.9 Å². The van der Waals surface area contributed by atoms with E-state index in [0.29, 0.717) is 5.92 Å². The Morgan fingerprint density at radius 1 is 1.57 bits per heavy atom. The summed E-state index contributed by atoms with van der Waals surface area (Å²) in [5, 5.41) is 3.42. The number of ether oxygens (including phenoxy) is 1. The lowest BCUT2D eigenvalue weighted by atomic mass is 9.97. The maximum Gasteiger partial charge on any atom is 0.327 e. The molecule has 116 valence electrons. The smallest absolute Gasteiger partial charge is 0.327 e. The van der Waals surface area contributed by atoms with E-state index in [1.165, 1.54) is 20.0 Å². The second-order valence-electron chi connectivity index (χ2n) is 5.63. The molecule has 0 spiro atoms. The van der Waals surface area contributed by atoms with Gasteiger partial charge in [0.1, 0.15) is 6.04 Å². The second kappa shape index (κ2) is 7.92. The number of halogens is 1. The van der Waals surface area contributed by atoms with Gasteiger partial charge < -0.3 is 10.1 Å². The molecule has 0 radical (unpaired) electrons. The van der Waals surface area contributed by atoms with Crippen molar-refractivity contribution in [3.05, 3.63) is 34.3 Å². The van der Waals surface area contributed by atoms with E-state index >= 15 is 0 Å². The molecule has 1 fully saturated rings. The lowest BCUT2D eigenvalue weighted by Gasteiger charge is -2.32. The summed E-state index contributed by atoms with van der Waals surface area (Å²) >= 11 is 3.47. The van der Waals surface area contributed by atoms with E-state index in [1.54, 1.807) is 0 Å². The maximum atomic E-state index is 12.2. The summed E-state index contributed by atoms with van der Waals surface area (Å²) in [6, 6.07) is 7.52. The van der Waals surface area contributed by atoms with Gasteiger partial charge >= 0.3 is 5.97 Å². The van der Waals surface area contributed by atoms with Crippen molar-refractivity contribution in [3.8, 4) is 0 Å². The van der Waals surface area contributed by atoms with Crippen LogP contribution in [0.1, 0.15) is 24.4 Å². The fraction of sp³-hybridized carbons (Fsp3) is 0.562. The zero-order valence-corrected chi connectivity index (χ0v) is 14.2. The third-order valence-corrected chi connectivity index (χ3v) is 4.47. The first kappa shape index (κ1) is 16.5. The van der Waals surface area contributed by atoms with Gasteiger partial charge in [0.2, 0.25) is 0 Å². The molecule has 2 rings (SSSR count). The number of nitrogens with zero attached hydrogens (tertiary/aromatic N) is 1. The predicted octanol–water partition coefficient (Wildman–Crippen LogP) is 2.59. The Balaban J connectivity index is 2.13. The molecule has 1 heterocycles. The van der Waals surface area contributed by atoms with Gasteiger partial charge in [0.05, 0.1) is 7.11 Å². The molecular weight excluding hydrogens is 332 g/mol. The minimum absolute atomic E-state index is 0.209. The molecule has 1 saturated heterocycles. The summed E-state index contributed by atoms with van der Waals surface area (Å²) in [6.07, 6.45) is 2.42. The summed E-state index contributed by atoms with van der Waals surface area (Å²) in [7, 11) is 3.44. The minimum atomic E-state index is -0.352. The van der Waals surface area contributed by atoms with E-state index < -0.39 is 0 Å². The SMILES string of the molecule is COC(=O)C(c1cccc(Br)c1)N(C)CC1CCCNC1. The van der Waals surface area contributed by atoms with Gasteiger partial charge in [-0.2, -0.15) is 0 Å². The van der Waals surface area contributed by atoms with E-state index in [4.69, 9.17) is 4.74 Å². The fourth-order valence-corrected chi connectivity index (χ4v) is 3.37. The number of benzene rings is 1. The van der Waals surface area contributed by atoms with Crippen LogP contribution in [0.2, 0.25) is 0 Å². The monoisotopic (exact) mass is 354 g/mol. The molecule has 1 aliphatic rings. The normalized spacial score (nSPS) is 20.3. The van der Waals surface area contributed by atoms with Gasteiger partial charge in [-0.25, -0.2) is 4.79 Å². The number of likely N-dealkylation sites (N-methyl/N-ethyl adjacent to an activating group) is 1. The number of hydrogen-bond acceptors (Lipinski definition) is 4. The third-order valence-electron chi connectivity index (χ3n) is 3.97. The summed E-state index contributed by atoms with van der Waals surface area (Å²) in [5.74, 6) is 0.377. The molecule has 4 nitrogen and oxygen atoms in total. The van der Waals surface area contributed by atoms with Crippen molar-refractivity contribution in [3.63, 3.8) is 0 Å². The summed E-state index contributed by atoms with van der Waals surface area (Å²) in [4.78, 5) is 14.3. The van der Waals surface area contributed by atoms with E-state index in [9.17, 15) is 4.79 Å². The first-order valence-corrected chi connectivity index (χ1v) is 8.15. The number of carbonyl (C=O) groups is 1. The van der Waals surface area contributed by atoms with E-state index in [1.807, 2.05) is 31.3 Å². The van der Waals surface area contributed by atoms with Gasteiger partial charge in [-0.15, -0.1) is 0 Å². The molecule has 1 aliphatic heterocycles. The molecular formula is C16H23BrN2O2. The van der Waals surface area contributed by atoms with Crippen molar-refractivity contribution in [2.75, 3.05) is 33.8 Å². The number of piperidine rings is 1. The number of hydrogen-bond donors (Lipinski definition) is 1. The Bertz CT molecular complexity index is 475. The Labute approximate surface area is 135 Å². The third kappa shape index (κ3) is 4.53. The van der Waals surface area contributed by atoms with Gasteiger partial charge in [-0.3, -0.25) is 4.90 Å². The van der Waals surface area contributed by atoms with Crippen molar-refractivity contribution in [1.82, 2.24) is 10.2 Å². The van der Waals surface area contributed by atoms with Crippen LogP contribution in [0.15, 0.2) is 28.7 Å². The molecule has 0 amide bonds. The Morgan fingerprint density at radius 2 is 2.38 bits per heavy atom. The molecule has 0 aliphatic carbocycles. The van der Waals surface area contributed by atoms with E-state index in [-0.39, 0.29) is 12.0 Å². The van der Waals surface area contributed by atoms with Gasteiger partial charge in [0, 0.05) is 11.0 Å². The van der Waals surface area contributed by atoms with Crippen LogP contribution in [-0.4, -0.2) is 44.7 Å². The maximum absolute atomic E-state index is 12.2. The topological polar surface area (TPSA) is 41.6 Å². The zero-order chi connectivity index (χ0) is 15.2. The standard InChI is InChI=1S/C16H23BrN2O2/c1-19(11-12-5-4-8-18-10-12)15(16(20)21-2)13-6-3-7-14(17)9-13/h3,6-7,9,12,15,18H,4-5,8,10-11H2,1-2H3. The lowest BCUT2D eigenvalue weighted by Crippen LogP contribution is -2.40. The largest absolute Gasteiger partial charge is 0.468 e. The van der Waals surface area contributed by atoms with Crippen molar-refractivity contribution in [2.24, 2.45) is 5.92 Å². The lowest BCUT2D eigenvalue weighted by molar-refractivity contribution is -0.147. The van der Waals surface area contributed by atoms with Crippen LogP contribution in [-0.2, 0) is 9.53 Å².